The molecule has 0 aliphatic carbocycles. The van der Waals surface area contributed by atoms with Gasteiger partial charge < -0.3 is 15.3 Å². The van der Waals surface area contributed by atoms with Gasteiger partial charge in [-0.05, 0) is 42.7 Å². The summed E-state index contributed by atoms with van der Waals surface area (Å²) in [5, 5.41) is 13.0. The summed E-state index contributed by atoms with van der Waals surface area (Å²) in [6.45, 7) is 5.27. The number of carbonyl (C=O) groups is 1. The predicted octanol–water partition coefficient (Wildman–Crippen LogP) is 3.46. The van der Waals surface area contributed by atoms with E-state index in [4.69, 9.17) is 0 Å². The molecule has 2 N–H and O–H groups in total. The SMILES string of the molecule is CCCCNC(=O)c1ccc(N(C)C[C@@H](c2ccccc2)N2CC[C@H](O)C2)cc1. The van der Waals surface area contributed by atoms with Crippen molar-refractivity contribution in [3.63, 3.8) is 0 Å². The summed E-state index contributed by atoms with van der Waals surface area (Å²) in [4.78, 5) is 16.8. The number of rotatable bonds is 9. The van der Waals surface area contributed by atoms with Crippen LogP contribution in [0.25, 0.3) is 0 Å². The minimum Gasteiger partial charge on any atom is -0.392 e. The second-order valence-electron chi connectivity index (χ2n) is 7.90. The van der Waals surface area contributed by atoms with Crippen LogP contribution in [-0.4, -0.2) is 55.2 Å². The fraction of sp³-hybridized carbons (Fsp3) is 0.458. The van der Waals surface area contributed by atoms with Gasteiger partial charge in [-0.3, -0.25) is 9.69 Å². The van der Waals surface area contributed by atoms with Gasteiger partial charge in [-0.2, -0.15) is 0 Å². The molecule has 0 saturated carbocycles. The van der Waals surface area contributed by atoms with E-state index in [9.17, 15) is 9.90 Å². The van der Waals surface area contributed by atoms with Crippen molar-refractivity contribution in [2.45, 2.75) is 38.3 Å². The molecule has 2 atom stereocenters. The van der Waals surface area contributed by atoms with Crippen molar-refractivity contribution in [2.24, 2.45) is 0 Å². The third-order valence-electron chi connectivity index (χ3n) is 5.65. The molecule has 1 aliphatic rings. The monoisotopic (exact) mass is 395 g/mol. The molecule has 1 saturated heterocycles. The van der Waals surface area contributed by atoms with Crippen LogP contribution in [-0.2, 0) is 0 Å². The number of aliphatic hydroxyl groups is 1. The number of likely N-dealkylation sites (tertiary alicyclic amines) is 1. The summed E-state index contributed by atoms with van der Waals surface area (Å²) in [5.41, 5.74) is 3.04. The van der Waals surface area contributed by atoms with Gasteiger partial charge in [0.1, 0.15) is 0 Å². The summed E-state index contributed by atoms with van der Waals surface area (Å²) in [5.74, 6) is -0.0131. The Hall–Kier alpha value is -2.37. The molecule has 156 valence electrons. The van der Waals surface area contributed by atoms with Crippen molar-refractivity contribution in [3.05, 3.63) is 65.7 Å². The number of nitrogens with zero attached hydrogens (tertiary/aromatic N) is 2. The molecule has 3 rings (SSSR count). The number of aliphatic hydroxyl groups excluding tert-OH is 1. The van der Waals surface area contributed by atoms with Gasteiger partial charge in [0.2, 0.25) is 0 Å². The van der Waals surface area contributed by atoms with Crippen LogP contribution in [0.5, 0.6) is 0 Å². The molecule has 1 amide bonds. The number of hydrogen-bond donors (Lipinski definition) is 2. The highest BCUT2D eigenvalue weighted by Crippen LogP contribution is 2.27. The van der Waals surface area contributed by atoms with Crippen LogP contribution in [0.3, 0.4) is 0 Å². The number of amides is 1. The Morgan fingerprint density at radius 3 is 2.55 bits per heavy atom. The quantitative estimate of drug-likeness (QED) is 0.639. The van der Waals surface area contributed by atoms with Crippen molar-refractivity contribution >= 4 is 11.6 Å². The summed E-state index contributed by atoms with van der Waals surface area (Å²) in [7, 11) is 2.08. The first-order valence-electron chi connectivity index (χ1n) is 10.6. The minimum absolute atomic E-state index is 0.0131. The maximum atomic E-state index is 12.2. The zero-order valence-corrected chi connectivity index (χ0v) is 17.6. The van der Waals surface area contributed by atoms with Crippen LogP contribution in [0.1, 0.15) is 48.1 Å². The lowest BCUT2D eigenvalue weighted by molar-refractivity contribution is 0.0953. The highest BCUT2D eigenvalue weighted by atomic mass is 16.3. The van der Waals surface area contributed by atoms with Crippen LogP contribution in [0.4, 0.5) is 5.69 Å². The van der Waals surface area contributed by atoms with Crippen LogP contribution < -0.4 is 10.2 Å². The largest absolute Gasteiger partial charge is 0.392 e. The van der Waals surface area contributed by atoms with E-state index in [-0.39, 0.29) is 18.1 Å². The number of hydrogen-bond acceptors (Lipinski definition) is 4. The van der Waals surface area contributed by atoms with Gasteiger partial charge in [0.05, 0.1) is 12.1 Å². The Morgan fingerprint density at radius 2 is 1.93 bits per heavy atom. The summed E-state index contributed by atoms with van der Waals surface area (Å²) in [6.07, 6.45) is 2.66. The van der Waals surface area contributed by atoms with Crippen molar-refractivity contribution in [2.75, 3.05) is 38.1 Å². The van der Waals surface area contributed by atoms with Gasteiger partial charge in [0, 0.05) is 44.5 Å². The normalized spacial score (nSPS) is 17.8. The molecule has 5 nitrogen and oxygen atoms in total. The molecule has 29 heavy (non-hydrogen) atoms. The Morgan fingerprint density at radius 1 is 1.21 bits per heavy atom. The number of benzene rings is 2. The molecule has 1 heterocycles. The van der Waals surface area contributed by atoms with Gasteiger partial charge in [-0.15, -0.1) is 0 Å². The molecule has 0 unspecified atom stereocenters. The van der Waals surface area contributed by atoms with E-state index >= 15 is 0 Å². The third kappa shape index (κ3) is 5.81. The van der Waals surface area contributed by atoms with E-state index < -0.39 is 0 Å². The second kappa shape index (κ2) is 10.4. The van der Waals surface area contributed by atoms with Crippen LogP contribution in [0, 0.1) is 0 Å². The predicted molar refractivity (Wildman–Crippen MR) is 118 cm³/mol. The average molecular weight is 396 g/mol. The van der Waals surface area contributed by atoms with Gasteiger partial charge in [0.15, 0.2) is 0 Å². The van der Waals surface area contributed by atoms with E-state index in [0.29, 0.717) is 12.1 Å². The van der Waals surface area contributed by atoms with Gasteiger partial charge >= 0.3 is 0 Å². The summed E-state index contributed by atoms with van der Waals surface area (Å²) >= 11 is 0. The van der Waals surface area contributed by atoms with Crippen LogP contribution >= 0.6 is 0 Å². The molecule has 1 aliphatic heterocycles. The zero-order chi connectivity index (χ0) is 20.6. The van der Waals surface area contributed by atoms with E-state index in [2.05, 4.69) is 53.4 Å². The molecule has 1 fully saturated rings. The van der Waals surface area contributed by atoms with E-state index in [1.54, 1.807) is 0 Å². The highest BCUT2D eigenvalue weighted by molar-refractivity contribution is 5.94. The smallest absolute Gasteiger partial charge is 0.251 e. The first-order valence-corrected chi connectivity index (χ1v) is 10.6. The van der Waals surface area contributed by atoms with Crippen molar-refractivity contribution in [1.29, 1.82) is 0 Å². The number of β-amino-alcohol motifs (C(OH)–C–C–N with tert-alkyl or cyclic N) is 1. The zero-order valence-electron chi connectivity index (χ0n) is 17.6. The van der Waals surface area contributed by atoms with E-state index in [1.807, 2.05) is 30.3 Å². The van der Waals surface area contributed by atoms with Crippen LogP contribution in [0.2, 0.25) is 0 Å². The van der Waals surface area contributed by atoms with E-state index in [1.165, 1.54) is 5.56 Å². The second-order valence-corrected chi connectivity index (χ2v) is 7.90. The van der Waals surface area contributed by atoms with Crippen molar-refractivity contribution in [3.8, 4) is 0 Å². The number of carbonyl (C=O) groups excluding carboxylic acids is 1. The first-order chi connectivity index (χ1) is 14.1. The van der Waals surface area contributed by atoms with Crippen LogP contribution in [0.15, 0.2) is 54.6 Å². The summed E-state index contributed by atoms with van der Waals surface area (Å²) < 4.78 is 0. The Balaban J connectivity index is 1.67. The number of anilines is 1. The lowest BCUT2D eigenvalue weighted by Crippen LogP contribution is -2.36. The molecule has 0 spiro atoms. The maximum Gasteiger partial charge on any atom is 0.251 e. The lowest BCUT2D eigenvalue weighted by atomic mass is 10.0. The summed E-state index contributed by atoms with van der Waals surface area (Å²) in [6, 6.07) is 18.5. The molecule has 5 heteroatoms. The van der Waals surface area contributed by atoms with Gasteiger partial charge in [0.25, 0.3) is 5.91 Å². The molecule has 0 bridgehead atoms. The molecule has 0 radical (unpaired) electrons. The Labute approximate surface area is 174 Å². The third-order valence-corrected chi connectivity index (χ3v) is 5.65. The number of unbranched alkanes of at least 4 members (excludes halogenated alkanes) is 1. The molecule has 2 aromatic rings. The Bertz CT molecular complexity index is 763. The average Bonchev–Trinajstić information content (AvgIpc) is 3.18. The molecular weight excluding hydrogens is 362 g/mol. The highest BCUT2D eigenvalue weighted by Gasteiger charge is 2.29. The van der Waals surface area contributed by atoms with Gasteiger partial charge in [-0.1, -0.05) is 43.7 Å². The van der Waals surface area contributed by atoms with E-state index in [0.717, 1.165) is 44.6 Å². The fourth-order valence-electron chi connectivity index (χ4n) is 3.87. The minimum atomic E-state index is -0.239. The van der Waals surface area contributed by atoms with Gasteiger partial charge in [-0.25, -0.2) is 0 Å². The van der Waals surface area contributed by atoms with Crippen molar-refractivity contribution < 1.29 is 9.90 Å². The number of nitrogens with one attached hydrogen (secondary N) is 1. The Kier molecular flexibility index (Phi) is 7.67. The van der Waals surface area contributed by atoms with Crippen molar-refractivity contribution in [1.82, 2.24) is 10.2 Å². The maximum absolute atomic E-state index is 12.2. The first kappa shape index (κ1) is 21.3. The fourth-order valence-corrected chi connectivity index (χ4v) is 3.87. The topological polar surface area (TPSA) is 55.8 Å². The lowest BCUT2D eigenvalue weighted by Gasteiger charge is -2.33. The number of likely N-dealkylation sites (N-methyl/N-ethyl adjacent to an activating group) is 1. The standard InChI is InChI=1S/C24H33N3O2/c1-3-4-15-25-24(29)20-10-12-21(13-11-20)26(2)18-23(19-8-6-5-7-9-19)27-16-14-22(28)17-27/h5-13,22-23,28H,3-4,14-18H2,1-2H3,(H,25,29)/t22-,23-/m0/s1. The molecule has 2 aromatic carbocycles. The molecular formula is C24H33N3O2. The molecule has 0 aromatic heterocycles.